The van der Waals surface area contributed by atoms with Gasteiger partial charge in [0, 0.05) is 32.5 Å². The number of anilines is 1. The first-order valence-electron chi connectivity index (χ1n) is 6.94. The van der Waals surface area contributed by atoms with Crippen LogP contribution in [0.1, 0.15) is 13.3 Å². The van der Waals surface area contributed by atoms with Crippen molar-refractivity contribution in [2.75, 3.05) is 18.0 Å². The minimum absolute atomic E-state index is 0.351. The van der Waals surface area contributed by atoms with Crippen LogP contribution >= 0.6 is 0 Å². The molecule has 0 aromatic carbocycles. The number of piperidine rings is 1. The van der Waals surface area contributed by atoms with E-state index in [4.69, 9.17) is 0 Å². The fraction of sp³-hybridized carbons (Fsp3) is 0.500. The van der Waals surface area contributed by atoms with Gasteiger partial charge >= 0.3 is 0 Å². The van der Waals surface area contributed by atoms with E-state index >= 15 is 0 Å². The molecule has 112 valence electrons. The maximum atomic E-state index is 9.98. The second-order valence-corrected chi connectivity index (χ2v) is 5.71. The average Bonchev–Trinajstić information content (AvgIpc) is 2.88. The number of β-amino-alcohol motifs (C(OH)–C–C–N with tert-alkyl or cyclic N) is 1. The van der Waals surface area contributed by atoms with Crippen molar-refractivity contribution in [3.8, 4) is 11.5 Å². The number of aliphatic hydroxyl groups is 2. The molecule has 3 heterocycles. The topological polar surface area (TPSA) is 87.3 Å². The van der Waals surface area contributed by atoms with Crippen molar-refractivity contribution in [1.82, 2.24) is 19.7 Å². The lowest BCUT2D eigenvalue weighted by atomic mass is 9.91. The zero-order valence-corrected chi connectivity index (χ0v) is 12.1. The van der Waals surface area contributed by atoms with Crippen molar-refractivity contribution < 1.29 is 10.2 Å². The van der Waals surface area contributed by atoms with E-state index < -0.39 is 11.7 Å². The first-order valence-corrected chi connectivity index (χ1v) is 6.94. The first-order chi connectivity index (χ1) is 9.97. The van der Waals surface area contributed by atoms with Crippen molar-refractivity contribution in [1.29, 1.82) is 0 Å². The van der Waals surface area contributed by atoms with Gasteiger partial charge in [-0.2, -0.15) is 0 Å². The Morgan fingerprint density at radius 1 is 1.33 bits per heavy atom. The maximum absolute atomic E-state index is 9.98. The molecule has 3 rings (SSSR count). The highest BCUT2D eigenvalue weighted by molar-refractivity contribution is 5.52. The van der Waals surface area contributed by atoms with Crippen LogP contribution in [0, 0.1) is 0 Å². The Morgan fingerprint density at radius 3 is 2.71 bits per heavy atom. The lowest BCUT2D eigenvalue weighted by Crippen LogP contribution is -2.54. The number of rotatable bonds is 2. The van der Waals surface area contributed by atoms with E-state index in [2.05, 4.69) is 15.2 Å². The fourth-order valence-electron chi connectivity index (χ4n) is 2.46. The quantitative estimate of drug-likeness (QED) is 0.821. The van der Waals surface area contributed by atoms with Crippen LogP contribution in [0.2, 0.25) is 0 Å². The number of hydrogen-bond acceptors (Lipinski definition) is 6. The van der Waals surface area contributed by atoms with Crippen LogP contribution in [0.5, 0.6) is 0 Å². The van der Waals surface area contributed by atoms with E-state index in [9.17, 15) is 10.2 Å². The summed E-state index contributed by atoms with van der Waals surface area (Å²) in [7, 11) is 1.90. The van der Waals surface area contributed by atoms with Gasteiger partial charge < -0.3 is 19.7 Å². The molecule has 1 aliphatic rings. The van der Waals surface area contributed by atoms with Gasteiger partial charge in [-0.25, -0.2) is 4.98 Å². The van der Waals surface area contributed by atoms with Crippen molar-refractivity contribution in [3.63, 3.8) is 0 Å². The van der Waals surface area contributed by atoms with Crippen molar-refractivity contribution >= 4 is 5.82 Å². The van der Waals surface area contributed by atoms with Crippen LogP contribution in [0.25, 0.3) is 11.5 Å². The SMILES string of the molecule is Cn1ccnc1-c1ccc(N2CC[C@@](C)(O)[C@H](O)C2)nn1. The Balaban J connectivity index is 1.78. The Kier molecular flexibility index (Phi) is 3.38. The van der Waals surface area contributed by atoms with E-state index in [1.165, 1.54) is 0 Å². The van der Waals surface area contributed by atoms with E-state index in [1.54, 1.807) is 13.1 Å². The molecular weight excluding hydrogens is 270 g/mol. The van der Waals surface area contributed by atoms with Gasteiger partial charge in [-0.3, -0.25) is 0 Å². The predicted molar refractivity (Wildman–Crippen MR) is 77.7 cm³/mol. The highest BCUT2D eigenvalue weighted by Crippen LogP contribution is 2.25. The smallest absolute Gasteiger partial charge is 0.160 e. The van der Waals surface area contributed by atoms with E-state index in [0.29, 0.717) is 31.0 Å². The maximum Gasteiger partial charge on any atom is 0.160 e. The van der Waals surface area contributed by atoms with Gasteiger partial charge in [0.15, 0.2) is 11.6 Å². The van der Waals surface area contributed by atoms with Gasteiger partial charge in [0.25, 0.3) is 0 Å². The summed E-state index contributed by atoms with van der Waals surface area (Å²) < 4.78 is 1.88. The molecule has 0 aliphatic carbocycles. The van der Waals surface area contributed by atoms with Gasteiger partial charge in [-0.15, -0.1) is 10.2 Å². The summed E-state index contributed by atoms with van der Waals surface area (Å²) in [6, 6.07) is 3.73. The number of aromatic nitrogens is 4. The zero-order chi connectivity index (χ0) is 15.0. The van der Waals surface area contributed by atoms with Gasteiger partial charge in [0.1, 0.15) is 5.69 Å². The van der Waals surface area contributed by atoms with Gasteiger partial charge in [0.2, 0.25) is 0 Å². The molecule has 0 spiro atoms. The molecule has 0 unspecified atom stereocenters. The van der Waals surface area contributed by atoms with Gasteiger partial charge in [-0.1, -0.05) is 0 Å². The number of aliphatic hydroxyl groups excluding tert-OH is 1. The van der Waals surface area contributed by atoms with Gasteiger partial charge in [-0.05, 0) is 25.5 Å². The van der Waals surface area contributed by atoms with Crippen LogP contribution in [-0.2, 0) is 7.05 Å². The number of hydrogen-bond donors (Lipinski definition) is 2. The normalized spacial score (nSPS) is 26.1. The van der Waals surface area contributed by atoms with Crippen molar-refractivity contribution in [2.45, 2.75) is 25.0 Å². The molecule has 2 N–H and O–H groups in total. The predicted octanol–water partition coefficient (Wildman–Crippen LogP) is 0.199. The summed E-state index contributed by atoms with van der Waals surface area (Å²) in [5, 5.41) is 28.4. The fourth-order valence-corrected chi connectivity index (χ4v) is 2.46. The molecular formula is C14H19N5O2. The van der Waals surface area contributed by atoms with E-state index in [-0.39, 0.29) is 0 Å². The third-order valence-corrected chi connectivity index (χ3v) is 4.02. The van der Waals surface area contributed by atoms with Crippen LogP contribution in [-0.4, -0.2) is 54.8 Å². The molecule has 2 aromatic rings. The summed E-state index contributed by atoms with van der Waals surface area (Å²) in [4.78, 5) is 6.16. The summed E-state index contributed by atoms with van der Waals surface area (Å²) in [6.45, 7) is 2.65. The molecule has 21 heavy (non-hydrogen) atoms. The second kappa shape index (κ2) is 5.09. The molecule has 0 amide bonds. The molecule has 1 fully saturated rings. The highest BCUT2D eigenvalue weighted by atomic mass is 16.3. The Hall–Kier alpha value is -1.99. The van der Waals surface area contributed by atoms with Crippen LogP contribution in [0.4, 0.5) is 5.82 Å². The third-order valence-electron chi connectivity index (χ3n) is 4.02. The van der Waals surface area contributed by atoms with Gasteiger partial charge in [0.05, 0.1) is 11.7 Å². The summed E-state index contributed by atoms with van der Waals surface area (Å²) in [5.74, 6) is 1.46. The standard InChI is InChI=1S/C14H19N5O2/c1-14(21)5-7-19(9-11(14)20)12-4-3-10(16-17-12)13-15-6-8-18(13)2/h3-4,6,8,11,20-21H,5,7,9H2,1-2H3/t11-,14-/m1/s1. The molecule has 2 aromatic heterocycles. The molecule has 0 saturated carbocycles. The minimum atomic E-state index is -1.03. The number of imidazole rings is 1. The Morgan fingerprint density at radius 2 is 2.14 bits per heavy atom. The minimum Gasteiger partial charge on any atom is -0.388 e. The highest BCUT2D eigenvalue weighted by Gasteiger charge is 2.36. The molecule has 1 saturated heterocycles. The summed E-state index contributed by atoms with van der Waals surface area (Å²) in [6.07, 6.45) is 3.28. The molecule has 0 bridgehead atoms. The summed E-state index contributed by atoms with van der Waals surface area (Å²) in [5.41, 5.74) is -0.326. The monoisotopic (exact) mass is 289 g/mol. The van der Waals surface area contributed by atoms with E-state index in [1.807, 2.05) is 34.8 Å². The molecule has 0 radical (unpaired) electrons. The Labute approximate surface area is 122 Å². The largest absolute Gasteiger partial charge is 0.388 e. The molecule has 7 heteroatoms. The van der Waals surface area contributed by atoms with Crippen molar-refractivity contribution in [2.24, 2.45) is 7.05 Å². The molecule has 7 nitrogen and oxygen atoms in total. The zero-order valence-electron chi connectivity index (χ0n) is 12.1. The second-order valence-electron chi connectivity index (χ2n) is 5.71. The summed E-state index contributed by atoms with van der Waals surface area (Å²) >= 11 is 0. The molecule has 2 atom stereocenters. The lowest BCUT2D eigenvalue weighted by molar-refractivity contribution is -0.0723. The first kappa shape index (κ1) is 14.0. The number of nitrogens with zero attached hydrogens (tertiary/aromatic N) is 5. The van der Waals surface area contributed by atoms with Crippen LogP contribution in [0.3, 0.4) is 0 Å². The lowest BCUT2D eigenvalue weighted by Gasteiger charge is -2.40. The van der Waals surface area contributed by atoms with Crippen LogP contribution < -0.4 is 4.90 Å². The third kappa shape index (κ3) is 2.62. The average molecular weight is 289 g/mol. The molecule has 1 aliphatic heterocycles. The van der Waals surface area contributed by atoms with E-state index in [0.717, 1.165) is 5.82 Å². The Bertz CT molecular complexity index is 623. The van der Waals surface area contributed by atoms with Crippen LogP contribution in [0.15, 0.2) is 24.5 Å². The number of aryl methyl sites for hydroxylation is 1. The van der Waals surface area contributed by atoms with Crippen molar-refractivity contribution in [3.05, 3.63) is 24.5 Å².